The summed E-state index contributed by atoms with van der Waals surface area (Å²) in [6, 6.07) is 5.56. The molecule has 2 aromatic rings. The molecule has 5 heteroatoms. The molecule has 1 saturated carbocycles. The van der Waals surface area contributed by atoms with E-state index in [1.807, 2.05) is 24.5 Å². The van der Waals surface area contributed by atoms with Crippen molar-refractivity contribution in [3.8, 4) is 17.1 Å². The van der Waals surface area contributed by atoms with Crippen LogP contribution in [0.1, 0.15) is 83.6 Å². The number of carbonyl (C=O) groups excluding carboxylic acids is 1. The van der Waals surface area contributed by atoms with E-state index in [2.05, 4.69) is 32.8 Å². The van der Waals surface area contributed by atoms with E-state index in [1.54, 1.807) is 13.0 Å². The van der Waals surface area contributed by atoms with E-state index in [4.69, 9.17) is 4.74 Å². The smallest absolute Gasteiger partial charge is 0.310 e. The molecule has 31 heavy (non-hydrogen) atoms. The first-order chi connectivity index (χ1) is 15.1. The maximum atomic E-state index is 11.5. The molecule has 0 aliphatic heterocycles. The molecule has 4 nitrogen and oxygen atoms in total. The summed E-state index contributed by atoms with van der Waals surface area (Å²) in [4.78, 5) is 20.7. The monoisotopic (exact) mass is 486 g/mol. The third-order valence-electron chi connectivity index (χ3n) is 6.43. The van der Waals surface area contributed by atoms with Gasteiger partial charge in [-0.2, -0.15) is 0 Å². The lowest BCUT2D eigenvalue weighted by Crippen LogP contribution is -2.15. The zero-order valence-corrected chi connectivity index (χ0v) is 20.5. The topological polar surface area (TPSA) is 52.1 Å². The van der Waals surface area contributed by atoms with Crippen LogP contribution in [0.25, 0.3) is 11.4 Å². The summed E-state index contributed by atoms with van der Waals surface area (Å²) < 4.78 is 6.02. The van der Waals surface area contributed by atoms with Gasteiger partial charge in [-0.15, -0.1) is 0 Å². The molecule has 0 N–H and O–H groups in total. The fraction of sp³-hybridized carbons (Fsp3) is 0.577. The third-order valence-corrected chi connectivity index (χ3v) is 7.05. The average molecular weight is 487 g/mol. The molecule has 0 radical (unpaired) electrons. The number of halogens is 1. The van der Waals surface area contributed by atoms with Crippen molar-refractivity contribution >= 4 is 21.9 Å². The van der Waals surface area contributed by atoms with Crippen LogP contribution >= 0.6 is 15.9 Å². The lowest BCUT2D eigenvalue weighted by molar-refractivity contribution is -0.134. The number of esters is 1. The van der Waals surface area contributed by atoms with Gasteiger partial charge in [-0.3, -0.25) is 4.79 Å². The Morgan fingerprint density at radius 2 is 1.71 bits per heavy atom. The maximum absolute atomic E-state index is 11.5. The van der Waals surface area contributed by atoms with Crippen LogP contribution in [-0.2, 0) is 11.2 Å². The highest BCUT2D eigenvalue weighted by atomic mass is 79.9. The zero-order chi connectivity index (χ0) is 22.1. The Bertz CT molecular complexity index is 830. The number of benzene rings is 1. The predicted octanol–water partition coefficient (Wildman–Crippen LogP) is 7.54. The number of hydrogen-bond acceptors (Lipinski definition) is 4. The van der Waals surface area contributed by atoms with Gasteiger partial charge in [0, 0.05) is 24.4 Å². The molecule has 1 fully saturated rings. The van der Waals surface area contributed by atoms with E-state index < -0.39 is 0 Å². The quantitative estimate of drug-likeness (QED) is 0.197. The number of carbonyl (C=O) groups is 1. The molecule has 0 amide bonds. The molecule has 1 aromatic carbocycles. The second-order valence-corrected chi connectivity index (χ2v) is 9.66. The van der Waals surface area contributed by atoms with Crippen molar-refractivity contribution in [3.05, 3.63) is 40.6 Å². The van der Waals surface area contributed by atoms with Crippen molar-refractivity contribution in [3.63, 3.8) is 0 Å². The first-order valence-electron chi connectivity index (χ1n) is 11.9. The van der Waals surface area contributed by atoms with E-state index in [9.17, 15) is 4.79 Å². The fourth-order valence-electron chi connectivity index (χ4n) is 4.41. The molecule has 168 valence electrons. The summed E-state index contributed by atoms with van der Waals surface area (Å²) in [7, 11) is 0. The second-order valence-electron chi connectivity index (χ2n) is 8.81. The van der Waals surface area contributed by atoms with Crippen LogP contribution in [-0.4, -0.2) is 15.9 Å². The van der Waals surface area contributed by atoms with Crippen LogP contribution in [0, 0.1) is 11.8 Å². The van der Waals surface area contributed by atoms with Gasteiger partial charge < -0.3 is 4.74 Å². The molecule has 3 rings (SSSR count). The minimum absolute atomic E-state index is 0.251. The Morgan fingerprint density at radius 3 is 2.32 bits per heavy atom. The number of hydrogen-bond donors (Lipinski definition) is 0. The van der Waals surface area contributed by atoms with Gasteiger partial charge in [0.05, 0.1) is 4.47 Å². The van der Waals surface area contributed by atoms with Crippen molar-refractivity contribution in [2.45, 2.75) is 84.5 Å². The molecular weight excluding hydrogens is 452 g/mol. The molecular formula is C26H35BrN2O2. The standard InChI is InChI=1S/C26H35BrN2O2/c1-3-5-6-7-19-8-10-20(11-9-19)12-13-21-17-28-26(29-18-21)22-14-15-24(23(27)16-22)31-25(30)4-2/h14-20H,3-13H2,1-2H3. The van der Waals surface area contributed by atoms with E-state index in [1.165, 1.54) is 63.4 Å². The van der Waals surface area contributed by atoms with Crippen molar-refractivity contribution in [1.29, 1.82) is 0 Å². The summed E-state index contributed by atoms with van der Waals surface area (Å²) >= 11 is 3.47. The molecule has 0 bridgehead atoms. The molecule has 0 saturated heterocycles. The number of ether oxygens (including phenoxy) is 1. The largest absolute Gasteiger partial charge is 0.425 e. The highest BCUT2D eigenvalue weighted by Crippen LogP contribution is 2.34. The Morgan fingerprint density at radius 1 is 1.03 bits per heavy atom. The van der Waals surface area contributed by atoms with Gasteiger partial charge in [-0.05, 0) is 64.4 Å². The lowest BCUT2D eigenvalue weighted by atomic mass is 9.78. The molecule has 0 atom stereocenters. The van der Waals surface area contributed by atoms with Gasteiger partial charge in [0.1, 0.15) is 5.75 Å². The van der Waals surface area contributed by atoms with Crippen molar-refractivity contribution in [1.82, 2.24) is 9.97 Å². The Balaban J connectivity index is 1.47. The van der Waals surface area contributed by atoms with E-state index in [0.717, 1.165) is 28.3 Å². The first kappa shape index (κ1) is 23.9. The summed E-state index contributed by atoms with van der Waals surface area (Å²) in [6.07, 6.45) is 17.7. The third kappa shape index (κ3) is 7.41. The van der Waals surface area contributed by atoms with E-state index in [0.29, 0.717) is 18.0 Å². The highest BCUT2D eigenvalue weighted by Gasteiger charge is 2.20. The average Bonchev–Trinajstić information content (AvgIpc) is 2.80. The Hall–Kier alpha value is -1.75. The summed E-state index contributed by atoms with van der Waals surface area (Å²) in [5, 5.41) is 0. The lowest BCUT2D eigenvalue weighted by Gasteiger charge is -2.28. The van der Waals surface area contributed by atoms with Gasteiger partial charge in [-0.25, -0.2) is 9.97 Å². The van der Waals surface area contributed by atoms with Crippen molar-refractivity contribution < 1.29 is 9.53 Å². The van der Waals surface area contributed by atoms with Gasteiger partial charge in [0.2, 0.25) is 0 Å². The molecule has 0 unspecified atom stereocenters. The van der Waals surface area contributed by atoms with Gasteiger partial charge >= 0.3 is 5.97 Å². The fourth-order valence-corrected chi connectivity index (χ4v) is 4.87. The van der Waals surface area contributed by atoms with Gasteiger partial charge in [-0.1, -0.05) is 65.2 Å². The molecule has 0 spiro atoms. The van der Waals surface area contributed by atoms with Crippen molar-refractivity contribution in [2.24, 2.45) is 11.8 Å². The molecule has 1 aliphatic rings. The summed E-state index contributed by atoms with van der Waals surface area (Å²) in [5.41, 5.74) is 2.11. The summed E-state index contributed by atoms with van der Waals surface area (Å²) in [5.74, 6) is 2.79. The second kappa shape index (κ2) is 12.3. The molecule has 1 aromatic heterocycles. The number of aryl methyl sites for hydroxylation is 1. The predicted molar refractivity (Wildman–Crippen MR) is 129 cm³/mol. The zero-order valence-electron chi connectivity index (χ0n) is 18.9. The number of rotatable bonds is 10. The van der Waals surface area contributed by atoms with Crippen LogP contribution in [0.5, 0.6) is 5.75 Å². The van der Waals surface area contributed by atoms with Crippen LogP contribution in [0.3, 0.4) is 0 Å². The minimum Gasteiger partial charge on any atom is -0.425 e. The van der Waals surface area contributed by atoms with Crippen LogP contribution in [0.15, 0.2) is 35.1 Å². The first-order valence-corrected chi connectivity index (χ1v) is 12.7. The van der Waals surface area contributed by atoms with Crippen LogP contribution < -0.4 is 4.74 Å². The normalized spacial score (nSPS) is 18.7. The Labute approximate surface area is 195 Å². The van der Waals surface area contributed by atoms with E-state index >= 15 is 0 Å². The number of aromatic nitrogens is 2. The highest BCUT2D eigenvalue weighted by molar-refractivity contribution is 9.10. The van der Waals surface area contributed by atoms with Gasteiger partial charge in [0.25, 0.3) is 0 Å². The SMILES string of the molecule is CCCCCC1CCC(CCc2cnc(-c3ccc(OC(=O)CC)c(Br)c3)nc2)CC1. The van der Waals surface area contributed by atoms with Crippen molar-refractivity contribution in [2.75, 3.05) is 0 Å². The van der Waals surface area contributed by atoms with Crippen LogP contribution in [0.4, 0.5) is 0 Å². The molecule has 1 aliphatic carbocycles. The number of unbranched alkanes of at least 4 members (excludes halogenated alkanes) is 2. The summed E-state index contributed by atoms with van der Waals surface area (Å²) in [6.45, 7) is 4.06. The van der Waals surface area contributed by atoms with Gasteiger partial charge in [0.15, 0.2) is 5.82 Å². The van der Waals surface area contributed by atoms with Crippen LogP contribution in [0.2, 0.25) is 0 Å². The molecule has 1 heterocycles. The maximum Gasteiger partial charge on any atom is 0.310 e. The Kier molecular flexibility index (Phi) is 9.51. The number of nitrogens with zero attached hydrogens (tertiary/aromatic N) is 2. The minimum atomic E-state index is -0.251. The van der Waals surface area contributed by atoms with E-state index in [-0.39, 0.29) is 5.97 Å².